The molecule has 0 aliphatic rings. The van der Waals surface area contributed by atoms with Crippen molar-refractivity contribution in [3.63, 3.8) is 0 Å². The van der Waals surface area contributed by atoms with Crippen LogP contribution in [-0.2, 0) is 4.79 Å². The molecule has 2 rings (SSSR count). The Morgan fingerprint density at radius 3 is 1.58 bits per heavy atom. The summed E-state index contributed by atoms with van der Waals surface area (Å²) in [6, 6.07) is 20.4. The highest BCUT2D eigenvalue weighted by Crippen LogP contribution is 2.30. The first kappa shape index (κ1) is 18.0. The van der Waals surface area contributed by atoms with E-state index in [0.29, 0.717) is 5.92 Å². The third kappa shape index (κ3) is 4.58. The van der Waals surface area contributed by atoms with Crippen molar-refractivity contribution in [1.82, 2.24) is 4.90 Å². The number of rotatable bonds is 6. The third-order valence-corrected chi connectivity index (χ3v) is 4.28. The molecule has 1 amide bonds. The molecule has 2 atom stereocenters. The predicted molar refractivity (Wildman–Crippen MR) is 101 cm³/mol. The maximum absolute atomic E-state index is 12.9. The highest BCUT2D eigenvalue weighted by atomic mass is 16.2. The van der Waals surface area contributed by atoms with Crippen molar-refractivity contribution in [2.24, 2.45) is 5.92 Å². The van der Waals surface area contributed by atoms with Gasteiger partial charge in [-0.25, -0.2) is 0 Å². The number of carbonyl (C=O) groups excluding carboxylic acids is 1. The maximum atomic E-state index is 12.9. The van der Waals surface area contributed by atoms with E-state index < -0.39 is 0 Å². The minimum absolute atomic E-state index is 0.00529. The molecular formula is C22H27NO. The van der Waals surface area contributed by atoms with Crippen LogP contribution in [-0.4, -0.2) is 10.8 Å². The highest BCUT2D eigenvalue weighted by Gasteiger charge is 2.26. The lowest BCUT2D eigenvalue weighted by Crippen LogP contribution is -2.34. The Bertz CT molecular complexity index is 615. The Balaban J connectivity index is 2.35. The smallest absolute Gasteiger partial charge is 0.247 e. The van der Waals surface area contributed by atoms with Crippen LogP contribution >= 0.6 is 0 Å². The van der Waals surface area contributed by atoms with Crippen LogP contribution < -0.4 is 0 Å². The first-order chi connectivity index (χ1) is 11.5. The lowest BCUT2D eigenvalue weighted by atomic mass is 10.0. The lowest BCUT2D eigenvalue weighted by molar-refractivity contribution is -0.130. The molecule has 0 saturated heterocycles. The zero-order valence-corrected chi connectivity index (χ0v) is 15.0. The Morgan fingerprint density at radius 2 is 1.21 bits per heavy atom. The predicted octanol–water partition coefficient (Wildman–Crippen LogP) is 5.55. The van der Waals surface area contributed by atoms with Gasteiger partial charge in [-0.15, -0.1) is 0 Å². The molecular weight excluding hydrogens is 294 g/mol. The SMILES string of the molecule is CC(C)/C=C/C(=O)N([C@@H](C)c1ccccc1)[C@@H](C)c1ccccc1. The number of hydrogen-bond donors (Lipinski definition) is 0. The maximum Gasteiger partial charge on any atom is 0.247 e. The number of carbonyl (C=O) groups is 1. The van der Waals surface area contributed by atoms with Gasteiger partial charge in [0.15, 0.2) is 0 Å². The van der Waals surface area contributed by atoms with Gasteiger partial charge in [0.1, 0.15) is 0 Å². The molecule has 0 saturated carbocycles. The Kier molecular flexibility index (Phi) is 6.36. The topological polar surface area (TPSA) is 20.3 Å². The van der Waals surface area contributed by atoms with Gasteiger partial charge in [0.25, 0.3) is 0 Å². The van der Waals surface area contributed by atoms with Gasteiger partial charge in [-0.2, -0.15) is 0 Å². The van der Waals surface area contributed by atoms with Crippen LogP contribution in [0.4, 0.5) is 0 Å². The number of nitrogens with zero attached hydrogens (tertiary/aromatic N) is 1. The first-order valence-electron chi connectivity index (χ1n) is 8.61. The van der Waals surface area contributed by atoms with E-state index in [4.69, 9.17) is 0 Å². The van der Waals surface area contributed by atoms with Crippen LogP contribution in [0.15, 0.2) is 72.8 Å². The van der Waals surface area contributed by atoms with E-state index in [0.717, 1.165) is 11.1 Å². The van der Waals surface area contributed by atoms with Crippen LogP contribution in [0.1, 0.15) is 50.9 Å². The summed E-state index contributed by atoms with van der Waals surface area (Å²) in [5.74, 6) is 0.409. The molecule has 24 heavy (non-hydrogen) atoms. The van der Waals surface area contributed by atoms with Crippen LogP contribution in [0.2, 0.25) is 0 Å². The van der Waals surface area contributed by atoms with Gasteiger partial charge >= 0.3 is 0 Å². The molecule has 126 valence electrons. The lowest BCUT2D eigenvalue weighted by Gasteiger charge is -2.34. The fraction of sp³-hybridized carbons (Fsp3) is 0.318. The molecule has 0 aliphatic carbocycles. The molecule has 0 heterocycles. The molecule has 2 aromatic carbocycles. The highest BCUT2D eigenvalue weighted by molar-refractivity contribution is 5.88. The van der Waals surface area contributed by atoms with E-state index in [1.165, 1.54) is 0 Å². The van der Waals surface area contributed by atoms with E-state index >= 15 is 0 Å². The summed E-state index contributed by atoms with van der Waals surface area (Å²) in [6.07, 6.45) is 3.67. The minimum Gasteiger partial charge on any atom is -0.326 e. The van der Waals surface area contributed by atoms with E-state index in [9.17, 15) is 4.79 Å². The quantitative estimate of drug-likeness (QED) is 0.639. The second-order valence-electron chi connectivity index (χ2n) is 6.52. The number of hydrogen-bond acceptors (Lipinski definition) is 1. The Morgan fingerprint density at radius 1 is 0.792 bits per heavy atom. The Hall–Kier alpha value is -2.35. The molecule has 0 bridgehead atoms. The summed E-state index contributed by atoms with van der Waals surface area (Å²) in [6.45, 7) is 8.34. The summed E-state index contributed by atoms with van der Waals surface area (Å²) < 4.78 is 0. The van der Waals surface area contributed by atoms with Crippen molar-refractivity contribution in [3.05, 3.63) is 83.9 Å². The number of amides is 1. The molecule has 0 N–H and O–H groups in total. The van der Waals surface area contributed by atoms with Crippen LogP contribution in [0, 0.1) is 5.92 Å². The van der Waals surface area contributed by atoms with Gasteiger partial charge in [0.2, 0.25) is 5.91 Å². The standard InChI is InChI=1S/C22H27NO/c1-17(2)15-16-22(24)23(18(3)20-11-7-5-8-12-20)19(4)21-13-9-6-10-14-21/h5-19H,1-4H3/b16-15+/t18-,19-/m0/s1. The molecule has 0 radical (unpaired) electrons. The van der Waals surface area contributed by atoms with Crippen LogP contribution in [0.3, 0.4) is 0 Å². The van der Waals surface area contributed by atoms with Gasteiger partial charge in [0, 0.05) is 0 Å². The Labute approximate surface area is 145 Å². The van der Waals surface area contributed by atoms with Crippen molar-refractivity contribution in [3.8, 4) is 0 Å². The van der Waals surface area contributed by atoms with Crippen molar-refractivity contribution in [1.29, 1.82) is 0 Å². The molecule has 0 fully saturated rings. The average molecular weight is 321 g/mol. The molecule has 0 unspecified atom stereocenters. The second kappa shape index (κ2) is 8.49. The van der Waals surface area contributed by atoms with Crippen molar-refractivity contribution < 1.29 is 4.79 Å². The zero-order chi connectivity index (χ0) is 17.5. The van der Waals surface area contributed by atoms with E-state index in [1.54, 1.807) is 6.08 Å². The number of benzene rings is 2. The molecule has 2 heteroatoms. The fourth-order valence-electron chi connectivity index (χ4n) is 2.86. The van der Waals surface area contributed by atoms with Gasteiger partial charge in [-0.1, -0.05) is 80.6 Å². The van der Waals surface area contributed by atoms with E-state index in [1.807, 2.05) is 47.4 Å². The first-order valence-corrected chi connectivity index (χ1v) is 8.61. The van der Waals surface area contributed by atoms with Gasteiger partial charge < -0.3 is 4.90 Å². The zero-order valence-electron chi connectivity index (χ0n) is 15.0. The molecule has 0 aliphatic heterocycles. The van der Waals surface area contributed by atoms with Gasteiger partial charge in [-0.05, 0) is 37.0 Å². The van der Waals surface area contributed by atoms with E-state index in [2.05, 4.69) is 52.0 Å². The molecule has 2 aromatic rings. The summed E-state index contributed by atoms with van der Waals surface area (Å²) in [5, 5.41) is 0. The van der Waals surface area contributed by atoms with Crippen LogP contribution in [0.25, 0.3) is 0 Å². The fourth-order valence-corrected chi connectivity index (χ4v) is 2.86. The largest absolute Gasteiger partial charge is 0.326 e. The summed E-state index contributed by atoms with van der Waals surface area (Å²) >= 11 is 0. The summed E-state index contributed by atoms with van der Waals surface area (Å²) in [5.41, 5.74) is 2.29. The van der Waals surface area contributed by atoms with Gasteiger partial charge in [0.05, 0.1) is 12.1 Å². The second-order valence-corrected chi connectivity index (χ2v) is 6.52. The molecule has 0 aromatic heterocycles. The normalized spacial score (nSPS) is 13.9. The molecule has 0 spiro atoms. The number of allylic oxidation sites excluding steroid dienone is 1. The van der Waals surface area contributed by atoms with Gasteiger partial charge in [-0.3, -0.25) is 4.79 Å². The summed E-state index contributed by atoms with van der Waals surface area (Å²) in [7, 11) is 0. The third-order valence-electron chi connectivity index (χ3n) is 4.28. The average Bonchev–Trinajstić information content (AvgIpc) is 2.61. The van der Waals surface area contributed by atoms with Crippen molar-refractivity contribution in [2.45, 2.75) is 39.8 Å². The van der Waals surface area contributed by atoms with Crippen molar-refractivity contribution >= 4 is 5.91 Å². The summed E-state index contributed by atoms with van der Waals surface area (Å²) in [4.78, 5) is 14.9. The van der Waals surface area contributed by atoms with Crippen LogP contribution in [0.5, 0.6) is 0 Å². The molecule has 2 nitrogen and oxygen atoms in total. The van der Waals surface area contributed by atoms with Crippen molar-refractivity contribution in [2.75, 3.05) is 0 Å². The monoisotopic (exact) mass is 321 g/mol. The minimum atomic E-state index is 0.00529. The van der Waals surface area contributed by atoms with E-state index in [-0.39, 0.29) is 18.0 Å².